The van der Waals surface area contributed by atoms with Crippen LogP contribution in [0, 0.1) is 0 Å². The summed E-state index contributed by atoms with van der Waals surface area (Å²) in [6, 6.07) is 7.78. The first kappa shape index (κ1) is 9.97. The molecule has 2 rings (SSSR count). The Kier molecular flexibility index (Phi) is 2.35. The summed E-state index contributed by atoms with van der Waals surface area (Å²) in [5.41, 5.74) is 2.02. The van der Waals surface area contributed by atoms with Gasteiger partial charge >= 0.3 is 0 Å². The van der Waals surface area contributed by atoms with Crippen molar-refractivity contribution in [2.75, 3.05) is 0 Å². The standard InChI is InChI=1S/C13H14O2/c1-8(2)10-5-4-6-12-11(10)7-13(15-12)9(3)14/h4-8H,1-3H3. The monoisotopic (exact) mass is 202 g/mol. The number of carbonyl (C=O) groups excluding carboxylic acids is 1. The van der Waals surface area contributed by atoms with Gasteiger partial charge in [0.2, 0.25) is 0 Å². The van der Waals surface area contributed by atoms with Crippen molar-refractivity contribution in [3.05, 3.63) is 35.6 Å². The Labute approximate surface area is 88.9 Å². The summed E-state index contributed by atoms with van der Waals surface area (Å²) in [4.78, 5) is 11.2. The van der Waals surface area contributed by atoms with E-state index in [0.717, 1.165) is 11.0 Å². The van der Waals surface area contributed by atoms with Crippen molar-refractivity contribution >= 4 is 16.8 Å². The van der Waals surface area contributed by atoms with E-state index in [4.69, 9.17) is 4.42 Å². The molecule has 0 aliphatic heterocycles. The number of benzene rings is 1. The third kappa shape index (κ3) is 1.67. The fourth-order valence-corrected chi connectivity index (χ4v) is 1.76. The van der Waals surface area contributed by atoms with Crippen molar-refractivity contribution in [1.29, 1.82) is 0 Å². The second-order valence-corrected chi connectivity index (χ2v) is 4.08. The van der Waals surface area contributed by atoms with Gasteiger partial charge in [0.1, 0.15) is 5.58 Å². The Hall–Kier alpha value is -1.57. The molecule has 78 valence electrons. The van der Waals surface area contributed by atoms with Crippen LogP contribution in [0.2, 0.25) is 0 Å². The molecule has 2 heteroatoms. The van der Waals surface area contributed by atoms with Crippen LogP contribution in [0.15, 0.2) is 28.7 Å². The maximum atomic E-state index is 11.2. The van der Waals surface area contributed by atoms with Gasteiger partial charge in [-0.3, -0.25) is 4.79 Å². The number of hydrogen-bond donors (Lipinski definition) is 0. The van der Waals surface area contributed by atoms with E-state index in [1.165, 1.54) is 12.5 Å². The molecule has 0 radical (unpaired) electrons. The zero-order valence-corrected chi connectivity index (χ0v) is 9.20. The summed E-state index contributed by atoms with van der Waals surface area (Å²) < 4.78 is 5.47. The largest absolute Gasteiger partial charge is 0.453 e. The van der Waals surface area contributed by atoms with Crippen molar-refractivity contribution in [1.82, 2.24) is 0 Å². The molecular formula is C13H14O2. The van der Waals surface area contributed by atoms with E-state index in [2.05, 4.69) is 19.9 Å². The van der Waals surface area contributed by atoms with Gasteiger partial charge < -0.3 is 4.42 Å². The number of Topliss-reactive ketones (excluding diaryl/α,β-unsaturated/α-hetero) is 1. The summed E-state index contributed by atoms with van der Waals surface area (Å²) in [5.74, 6) is 0.852. The zero-order chi connectivity index (χ0) is 11.0. The van der Waals surface area contributed by atoms with Crippen LogP contribution in [0.4, 0.5) is 0 Å². The van der Waals surface area contributed by atoms with Gasteiger partial charge in [-0.15, -0.1) is 0 Å². The van der Waals surface area contributed by atoms with Gasteiger partial charge in [-0.05, 0) is 23.6 Å². The Bertz CT molecular complexity index is 506. The molecule has 1 aromatic carbocycles. The van der Waals surface area contributed by atoms with E-state index in [9.17, 15) is 4.79 Å². The van der Waals surface area contributed by atoms with Crippen molar-refractivity contribution in [3.63, 3.8) is 0 Å². The van der Waals surface area contributed by atoms with Gasteiger partial charge in [-0.25, -0.2) is 0 Å². The fraction of sp³-hybridized carbons (Fsp3) is 0.308. The van der Waals surface area contributed by atoms with E-state index >= 15 is 0 Å². The quantitative estimate of drug-likeness (QED) is 0.694. The third-order valence-electron chi connectivity index (χ3n) is 2.56. The molecule has 0 aliphatic rings. The number of hydrogen-bond acceptors (Lipinski definition) is 2. The van der Waals surface area contributed by atoms with Gasteiger partial charge in [0.25, 0.3) is 0 Å². The average molecular weight is 202 g/mol. The molecule has 0 unspecified atom stereocenters. The van der Waals surface area contributed by atoms with E-state index in [1.807, 2.05) is 18.2 Å². The minimum absolute atomic E-state index is 0.0269. The Balaban J connectivity index is 2.69. The average Bonchev–Trinajstić information content (AvgIpc) is 2.60. The van der Waals surface area contributed by atoms with Crippen LogP contribution in [-0.2, 0) is 0 Å². The van der Waals surface area contributed by atoms with Gasteiger partial charge in [-0.1, -0.05) is 26.0 Å². The summed E-state index contributed by atoms with van der Waals surface area (Å²) in [6.07, 6.45) is 0. The van der Waals surface area contributed by atoms with E-state index in [-0.39, 0.29) is 5.78 Å². The Morgan fingerprint density at radius 1 is 1.33 bits per heavy atom. The third-order valence-corrected chi connectivity index (χ3v) is 2.56. The van der Waals surface area contributed by atoms with Crippen LogP contribution < -0.4 is 0 Å². The molecule has 0 fully saturated rings. The normalized spacial score (nSPS) is 11.2. The summed E-state index contributed by atoms with van der Waals surface area (Å²) >= 11 is 0. The van der Waals surface area contributed by atoms with Crippen molar-refractivity contribution in [2.45, 2.75) is 26.7 Å². The maximum Gasteiger partial charge on any atom is 0.194 e. The zero-order valence-electron chi connectivity index (χ0n) is 9.20. The second-order valence-electron chi connectivity index (χ2n) is 4.08. The molecule has 0 saturated heterocycles. The van der Waals surface area contributed by atoms with Gasteiger partial charge in [0.15, 0.2) is 11.5 Å². The molecule has 1 aromatic heterocycles. The lowest BCUT2D eigenvalue weighted by Crippen LogP contribution is -1.87. The maximum absolute atomic E-state index is 11.2. The van der Waals surface area contributed by atoms with Crippen LogP contribution >= 0.6 is 0 Å². The van der Waals surface area contributed by atoms with Gasteiger partial charge in [0, 0.05) is 12.3 Å². The molecule has 0 aliphatic carbocycles. The number of furan rings is 1. The molecule has 0 atom stereocenters. The first-order valence-corrected chi connectivity index (χ1v) is 5.13. The molecule has 0 amide bonds. The lowest BCUT2D eigenvalue weighted by molar-refractivity contribution is 0.0989. The predicted octanol–water partition coefficient (Wildman–Crippen LogP) is 3.76. The van der Waals surface area contributed by atoms with Crippen LogP contribution in [0.3, 0.4) is 0 Å². The van der Waals surface area contributed by atoms with E-state index in [1.54, 1.807) is 0 Å². The highest BCUT2D eigenvalue weighted by Crippen LogP contribution is 2.28. The molecule has 0 saturated carbocycles. The summed E-state index contributed by atoms with van der Waals surface area (Å²) in [5, 5.41) is 1.05. The molecule has 0 bridgehead atoms. The Morgan fingerprint density at radius 2 is 2.07 bits per heavy atom. The molecule has 2 nitrogen and oxygen atoms in total. The number of carbonyl (C=O) groups is 1. The highest BCUT2D eigenvalue weighted by atomic mass is 16.3. The summed E-state index contributed by atoms with van der Waals surface area (Å²) in [7, 11) is 0. The van der Waals surface area contributed by atoms with Crippen LogP contribution in [-0.4, -0.2) is 5.78 Å². The fourth-order valence-electron chi connectivity index (χ4n) is 1.76. The lowest BCUT2D eigenvalue weighted by Gasteiger charge is -2.04. The molecule has 15 heavy (non-hydrogen) atoms. The highest BCUT2D eigenvalue weighted by Gasteiger charge is 2.11. The van der Waals surface area contributed by atoms with Crippen LogP contribution in [0.25, 0.3) is 11.0 Å². The lowest BCUT2D eigenvalue weighted by atomic mass is 9.99. The minimum Gasteiger partial charge on any atom is -0.453 e. The van der Waals surface area contributed by atoms with E-state index < -0.39 is 0 Å². The van der Waals surface area contributed by atoms with E-state index in [0.29, 0.717) is 11.7 Å². The van der Waals surface area contributed by atoms with Crippen LogP contribution in [0.1, 0.15) is 42.8 Å². The SMILES string of the molecule is CC(=O)c1cc2c(C(C)C)cccc2o1. The molecule has 0 N–H and O–H groups in total. The Morgan fingerprint density at radius 3 is 2.67 bits per heavy atom. The molecular weight excluding hydrogens is 188 g/mol. The second kappa shape index (κ2) is 3.54. The van der Waals surface area contributed by atoms with Crippen LogP contribution in [0.5, 0.6) is 0 Å². The van der Waals surface area contributed by atoms with Gasteiger partial charge in [0.05, 0.1) is 0 Å². The number of fused-ring (bicyclic) bond motifs is 1. The predicted molar refractivity (Wildman–Crippen MR) is 60.3 cm³/mol. The van der Waals surface area contributed by atoms with Gasteiger partial charge in [-0.2, -0.15) is 0 Å². The molecule has 1 heterocycles. The number of rotatable bonds is 2. The number of ketones is 1. The first-order chi connectivity index (χ1) is 7.09. The summed E-state index contributed by atoms with van der Waals surface area (Å²) in [6.45, 7) is 5.79. The highest BCUT2D eigenvalue weighted by molar-refractivity contribution is 5.96. The molecule has 0 spiro atoms. The van der Waals surface area contributed by atoms with Crippen molar-refractivity contribution < 1.29 is 9.21 Å². The first-order valence-electron chi connectivity index (χ1n) is 5.13. The smallest absolute Gasteiger partial charge is 0.194 e. The van der Waals surface area contributed by atoms with Crippen molar-refractivity contribution in [2.24, 2.45) is 0 Å². The topological polar surface area (TPSA) is 30.2 Å². The van der Waals surface area contributed by atoms with Crippen molar-refractivity contribution in [3.8, 4) is 0 Å². The minimum atomic E-state index is -0.0269. The molecule has 2 aromatic rings.